The number of amides is 1. The number of nitrogens with zero attached hydrogens (tertiary/aromatic N) is 3. The first kappa shape index (κ1) is 20.8. The van der Waals surface area contributed by atoms with Crippen molar-refractivity contribution in [3.05, 3.63) is 94.4 Å². The molecule has 1 fully saturated rings. The van der Waals surface area contributed by atoms with Crippen LogP contribution in [0.15, 0.2) is 77.6 Å². The monoisotopic (exact) mass is 419 g/mol. The van der Waals surface area contributed by atoms with Crippen molar-refractivity contribution in [2.24, 2.45) is 0 Å². The number of hydrogen-bond acceptors (Lipinski definition) is 5. The summed E-state index contributed by atoms with van der Waals surface area (Å²) in [7, 11) is 0. The van der Waals surface area contributed by atoms with Crippen molar-refractivity contribution in [1.29, 1.82) is 0 Å². The van der Waals surface area contributed by atoms with Crippen LogP contribution >= 0.6 is 0 Å². The van der Waals surface area contributed by atoms with Gasteiger partial charge in [-0.25, -0.2) is 4.68 Å². The molecule has 4 rings (SSSR count). The van der Waals surface area contributed by atoms with Crippen molar-refractivity contribution in [1.82, 2.24) is 14.7 Å². The van der Waals surface area contributed by atoms with Crippen LogP contribution in [0, 0.1) is 0 Å². The molecule has 160 valence electrons. The second-order valence-electron chi connectivity index (χ2n) is 7.50. The molecule has 7 heteroatoms. The van der Waals surface area contributed by atoms with E-state index >= 15 is 0 Å². The highest BCUT2D eigenvalue weighted by Crippen LogP contribution is 2.25. The van der Waals surface area contributed by atoms with Gasteiger partial charge in [0.25, 0.3) is 11.5 Å². The molecule has 0 radical (unpaired) electrons. The Morgan fingerprint density at radius 2 is 1.74 bits per heavy atom. The van der Waals surface area contributed by atoms with Gasteiger partial charge in [-0.15, -0.1) is 0 Å². The van der Waals surface area contributed by atoms with Crippen molar-refractivity contribution in [3.8, 4) is 5.75 Å². The number of rotatable bonds is 6. The quantitative estimate of drug-likeness (QED) is 0.614. The van der Waals surface area contributed by atoms with Crippen LogP contribution < -0.4 is 10.3 Å². The summed E-state index contributed by atoms with van der Waals surface area (Å²) in [6.07, 6.45) is -0.299. The van der Waals surface area contributed by atoms with E-state index in [-0.39, 0.29) is 42.5 Å². The van der Waals surface area contributed by atoms with Crippen molar-refractivity contribution < 1.29 is 14.3 Å². The maximum absolute atomic E-state index is 13.1. The number of carbonyl (C=O) groups is 1. The van der Waals surface area contributed by atoms with Gasteiger partial charge >= 0.3 is 0 Å². The number of ether oxygens (including phenoxy) is 2. The molecule has 2 heterocycles. The lowest BCUT2D eigenvalue weighted by molar-refractivity contribution is -0.0693. The molecule has 0 bridgehead atoms. The summed E-state index contributed by atoms with van der Waals surface area (Å²) in [6.45, 7) is 3.39. The number of para-hydroxylation sites is 1. The predicted octanol–water partition coefficient (Wildman–Crippen LogP) is 2.92. The molecule has 1 aliphatic heterocycles. The molecule has 0 spiro atoms. The molecule has 31 heavy (non-hydrogen) atoms. The van der Waals surface area contributed by atoms with Crippen LogP contribution in [0.1, 0.15) is 29.1 Å². The van der Waals surface area contributed by atoms with Gasteiger partial charge in [0.05, 0.1) is 19.2 Å². The fourth-order valence-electron chi connectivity index (χ4n) is 3.62. The molecule has 3 aromatic rings. The van der Waals surface area contributed by atoms with Crippen LogP contribution in [0.25, 0.3) is 0 Å². The fourth-order valence-corrected chi connectivity index (χ4v) is 3.62. The third-order valence-electron chi connectivity index (χ3n) is 5.12. The minimum Gasteiger partial charge on any atom is -0.492 e. The van der Waals surface area contributed by atoms with Crippen molar-refractivity contribution in [2.45, 2.75) is 25.7 Å². The highest BCUT2D eigenvalue weighted by molar-refractivity contribution is 5.92. The Kier molecular flexibility index (Phi) is 6.43. The van der Waals surface area contributed by atoms with E-state index in [1.807, 2.05) is 67.6 Å². The van der Waals surface area contributed by atoms with E-state index in [9.17, 15) is 9.59 Å². The van der Waals surface area contributed by atoms with Gasteiger partial charge in [-0.2, -0.15) is 5.10 Å². The molecule has 0 N–H and O–H groups in total. The first-order valence-electron chi connectivity index (χ1n) is 10.4. The van der Waals surface area contributed by atoms with Gasteiger partial charge in [-0.05, 0) is 30.7 Å². The van der Waals surface area contributed by atoms with E-state index in [0.29, 0.717) is 13.1 Å². The Morgan fingerprint density at radius 1 is 1.03 bits per heavy atom. The molecule has 1 saturated heterocycles. The summed E-state index contributed by atoms with van der Waals surface area (Å²) in [5, 5.41) is 4.29. The average Bonchev–Trinajstić information content (AvgIpc) is 2.81. The lowest BCUT2D eigenvalue weighted by Gasteiger charge is -2.36. The number of morpholine rings is 1. The molecule has 1 amide bonds. The summed E-state index contributed by atoms with van der Waals surface area (Å²) < 4.78 is 13.0. The maximum atomic E-state index is 13.1. The average molecular weight is 419 g/mol. The lowest BCUT2D eigenvalue weighted by Crippen LogP contribution is -2.46. The molecule has 1 aliphatic rings. The van der Waals surface area contributed by atoms with Gasteiger partial charge < -0.3 is 14.4 Å². The van der Waals surface area contributed by atoms with Gasteiger partial charge in [-0.3, -0.25) is 9.59 Å². The molecular weight excluding hydrogens is 394 g/mol. The van der Waals surface area contributed by atoms with Crippen LogP contribution in [0.3, 0.4) is 0 Å². The van der Waals surface area contributed by atoms with Crippen molar-refractivity contribution >= 4 is 5.91 Å². The molecule has 0 aliphatic carbocycles. The second kappa shape index (κ2) is 9.57. The predicted molar refractivity (Wildman–Crippen MR) is 116 cm³/mol. The van der Waals surface area contributed by atoms with E-state index in [4.69, 9.17) is 9.47 Å². The van der Waals surface area contributed by atoms with Gasteiger partial charge in [0, 0.05) is 12.6 Å². The summed E-state index contributed by atoms with van der Waals surface area (Å²) in [5.41, 5.74) is 0.994. The summed E-state index contributed by atoms with van der Waals surface area (Å²) in [6, 6.07) is 22.1. The van der Waals surface area contributed by atoms with Gasteiger partial charge in [0.2, 0.25) is 0 Å². The second-order valence-corrected chi connectivity index (χ2v) is 7.50. The summed E-state index contributed by atoms with van der Waals surface area (Å²) in [5.74, 6) is 0.505. The number of carbonyl (C=O) groups excluding carboxylic acids is 1. The van der Waals surface area contributed by atoms with Crippen LogP contribution in [-0.4, -0.2) is 46.4 Å². The van der Waals surface area contributed by atoms with Crippen LogP contribution in [0.5, 0.6) is 5.75 Å². The minimum absolute atomic E-state index is 0.104. The number of hydrogen-bond donors (Lipinski definition) is 0. The topological polar surface area (TPSA) is 73.7 Å². The Morgan fingerprint density at radius 3 is 2.48 bits per heavy atom. The summed E-state index contributed by atoms with van der Waals surface area (Å²) in [4.78, 5) is 27.1. The largest absolute Gasteiger partial charge is 0.492 e. The van der Waals surface area contributed by atoms with Gasteiger partial charge in [-0.1, -0.05) is 48.5 Å². The lowest BCUT2D eigenvalue weighted by atomic mass is 10.1. The molecule has 1 aromatic heterocycles. The SMILES string of the molecule is CC1CN(C(=O)c2ccc(=O)n(CCOc3ccccc3)n2)CC(c2ccccc2)O1. The zero-order valence-electron chi connectivity index (χ0n) is 17.4. The molecule has 0 saturated carbocycles. The Balaban J connectivity index is 1.45. The van der Waals surface area contributed by atoms with E-state index in [1.165, 1.54) is 16.8 Å². The van der Waals surface area contributed by atoms with Gasteiger partial charge in [0.1, 0.15) is 24.2 Å². The smallest absolute Gasteiger partial charge is 0.274 e. The maximum Gasteiger partial charge on any atom is 0.274 e. The highest BCUT2D eigenvalue weighted by Gasteiger charge is 2.30. The molecular formula is C24H25N3O4. The Labute approximate surface area is 180 Å². The van der Waals surface area contributed by atoms with E-state index in [0.717, 1.165) is 11.3 Å². The Bertz CT molecular complexity index is 1070. The van der Waals surface area contributed by atoms with Crippen LogP contribution in [-0.2, 0) is 11.3 Å². The van der Waals surface area contributed by atoms with Crippen LogP contribution in [0.4, 0.5) is 0 Å². The standard InChI is InChI=1S/C24H25N3O4/c1-18-16-26(17-22(31-18)19-8-4-2-5-9-19)24(29)21-12-13-23(28)27(25-21)14-15-30-20-10-6-3-7-11-20/h2-13,18,22H,14-17H2,1H3. The third-order valence-corrected chi connectivity index (χ3v) is 5.12. The third kappa shape index (κ3) is 5.19. The van der Waals surface area contributed by atoms with E-state index < -0.39 is 0 Å². The molecule has 2 aromatic carbocycles. The van der Waals surface area contributed by atoms with Crippen LogP contribution in [0.2, 0.25) is 0 Å². The van der Waals surface area contributed by atoms with E-state index in [2.05, 4.69) is 5.10 Å². The first-order valence-corrected chi connectivity index (χ1v) is 10.4. The van der Waals surface area contributed by atoms with E-state index in [1.54, 1.807) is 4.90 Å². The van der Waals surface area contributed by atoms with Gasteiger partial charge in [0.15, 0.2) is 0 Å². The zero-order valence-corrected chi connectivity index (χ0v) is 17.4. The first-order chi connectivity index (χ1) is 15.1. The number of aromatic nitrogens is 2. The Hall–Kier alpha value is -3.45. The fraction of sp³-hybridized carbons (Fsp3) is 0.292. The van der Waals surface area contributed by atoms with Crippen molar-refractivity contribution in [2.75, 3.05) is 19.7 Å². The molecule has 2 atom stereocenters. The molecule has 2 unspecified atom stereocenters. The minimum atomic E-state index is -0.272. The summed E-state index contributed by atoms with van der Waals surface area (Å²) >= 11 is 0. The normalized spacial score (nSPS) is 18.5. The van der Waals surface area contributed by atoms with Crippen molar-refractivity contribution in [3.63, 3.8) is 0 Å². The highest BCUT2D eigenvalue weighted by atomic mass is 16.5. The molecule has 7 nitrogen and oxygen atoms in total. The number of benzene rings is 2. The zero-order chi connectivity index (χ0) is 21.6.